The standard InChI is InChI=1S/C36H45ClF2N4O5/c1-6-8-10-14-30(31(15-11-9-7-2)47-34-25(22-40)17-24(21-37)18-28(34)42-4)46-33-20-32(48-36(38)39)26(19-27(33)41-3)23-43-16-12-13-29(43)35(44)45-5/h6,8-11,17-20,29-31,36,41-42H,1,7,12-16,21,23H2,2-5H3/b10-8-,11-9-/t29-,30+,31?/m0/s1. The van der Waals surface area contributed by atoms with Gasteiger partial charge in [0.05, 0.1) is 24.0 Å². The maximum Gasteiger partial charge on any atom is 0.387 e. The molecule has 1 aliphatic heterocycles. The largest absolute Gasteiger partial charge is 0.484 e. The molecule has 2 N–H and O–H groups in total. The first-order chi connectivity index (χ1) is 23.2. The van der Waals surface area contributed by atoms with Gasteiger partial charge in [0.2, 0.25) is 0 Å². The van der Waals surface area contributed by atoms with Gasteiger partial charge < -0.3 is 29.6 Å². The maximum absolute atomic E-state index is 13.7. The van der Waals surface area contributed by atoms with E-state index in [1.807, 2.05) is 36.1 Å². The van der Waals surface area contributed by atoms with Crippen molar-refractivity contribution < 1.29 is 32.5 Å². The fourth-order valence-electron chi connectivity index (χ4n) is 5.60. The van der Waals surface area contributed by atoms with Crippen LogP contribution in [-0.2, 0) is 22.0 Å². The number of allylic oxidation sites excluding steroid dienone is 3. The van der Waals surface area contributed by atoms with Gasteiger partial charge in [-0.1, -0.05) is 43.9 Å². The number of nitrogens with one attached hydrogen (secondary N) is 2. The van der Waals surface area contributed by atoms with Crippen LogP contribution < -0.4 is 24.8 Å². The van der Waals surface area contributed by atoms with Crippen molar-refractivity contribution in [1.82, 2.24) is 4.90 Å². The van der Waals surface area contributed by atoms with Crippen molar-refractivity contribution in [2.24, 2.45) is 0 Å². The second kappa shape index (κ2) is 19.5. The van der Waals surface area contributed by atoms with Crippen LogP contribution in [0, 0.1) is 11.3 Å². The predicted molar refractivity (Wildman–Crippen MR) is 185 cm³/mol. The Bertz CT molecular complexity index is 1480. The number of carbonyl (C=O) groups excluding carboxylic acids is 1. The van der Waals surface area contributed by atoms with E-state index in [-0.39, 0.29) is 29.9 Å². The molecule has 2 aromatic rings. The molecule has 3 rings (SSSR count). The molecule has 0 saturated carbocycles. The summed E-state index contributed by atoms with van der Waals surface area (Å²) >= 11 is 6.09. The van der Waals surface area contributed by atoms with Crippen molar-refractivity contribution in [2.75, 3.05) is 38.4 Å². The molecule has 48 heavy (non-hydrogen) atoms. The number of hydrogen-bond acceptors (Lipinski definition) is 9. The van der Waals surface area contributed by atoms with E-state index in [0.29, 0.717) is 54.1 Å². The lowest BCUT2D eigenvalue weighted by Gasteiger charge is -2.30. The Hall–Kier alpha value is -4.27. The van der Waals surface area contributed by atoms with Gasteiger partial charge in [0.25, 0.3) is 0 Å². The topological polar surface area (TPSA) is 105 Å². The minimum absolute atomic E-state index is 0.0702. The molecule has 0 bridgehead atoms. The number of alkyl halides is 3. The highest BCUT2D eigenvalue weighted by Gasteiger charge is 2.33. The fourth-order valence-corrected chi connectivity index (χ4v) is 5.75. The van der Waals surface area contributed by atoms with E-state index < -0.39 is 24.9 Å². The Morgan fingerprint density at radius 3 is 2.44 bits per heavy atom. The van der Waals surface area contributed by atoms with Crippen molar-refractivity contribution in [3.8, 4) is 23.3 Å². The van der Waals surface area contributed by atoms with Gasteiger partial charge in [-0.2, -0.15) is 14.0 Å². The number of methoxy groups -OCH3 is 1. The highest BCUT2D eigenvalue weighted by Crippen LogP contribution is 2.38. The number of likely N-dealkylation sites (tertiary alicyclic amines) is 1. The Labute approximate surface area is 287 Å². The van der Waals surface area contributed by atoms with Gasteiger partial charge in [0.1, 0.15) is 35.8 Å². The van der Waals surface area contributed by atoms with E-state index >= 15 is 0 Å². The summed E-state index contributed by atoms with van der Waals surface area (Å²) in [7, 11) is 4.77. The lowest BCUT2D eigenvalue weighted by Crippen LogP contribution is -2.37. The number of esters is 1. The molecule has 2 aromatic carbocycles. The fraction of sp³-hybridized carbons (Fsp3) is 0.444. The number of anilines is 2. The molecule has 1 unspecified atom stereocenters. The van der Waals surface area contributed by atoms with Gasteiger partial charge in [-0.25, -0.2) is 0 Å². The zero-order valence-electron chi connectivity index (χ0n) is 27.9. The Morgan fingerprint density at radius 2 is 1.81 bits per heavy atom. The van der Waals surface area contributed by atoms with Gasteiger partial charge in [-0.05, 0) is 49.6 Å². The van der Waals surface area contributed by atoms with Gasteiger partial charge in [0, 0.05) is 51.0 Å². The van der Waals surface area contributed by atoms with Gasteiger partial charge in [0.15, 0.2) is 5.75 Å². The van der Waals surface area contributed by atoms with Crippen LogP contribution in [0.1, 0.15) is 55.7 Å². The minimum Gasteiger partial charge on any atom is -0.484 e. The van der Waals surface area contributed by atoms with E-state index in [0.717, 1.165) is 18.4 Å². The SMILES string of the molecule is C=C/C=C\C[C@@H](Oc1cc(OC(F)F)c(CN2CCC[C@H]2C(=O)OC)cc1NC)C(C/C=C\CC)Oc1c(C#N)cc(CCl)cc1NC. The third kappa shape index (κ3) is 10.4. The highest BCUT2D eigenvalue weighted by atomic mass is 35.5. The zero-order chi connectivity index (χ0) is 35.1. The zero-order valence-corrected chi connectivity index (χ0v) is 28.7. The number of nitriles is 1. The third-order valence-electron chi connectivity index (χ3n) is 7.92. The van der Waals surface area contributed by atoms with Crippen molar-refractivity contribution >= 4 is 28.9 Å². The highest BCUT2D eigenvalue weighted by molar-refractivity contribution is 6.17. The van der Waals surface area contributed by atoms with Crippen molar-refractivity contribution in [2.45, 2.75) is 76.3 Å². The van der Waals surface area contributed by atoms with Crippen LogP contribution in [-0.4, -0.2) is 63.5 Å². The smallest absolute Gasteiger partial charge is 0.387 e. The Morgan fingerprint density at radius 1 is 1.08 bits per heavy atom. The van der Waals surface area contributed by atoms with Crippen LogP contribution in [0.2, 0.25) is 0 Å². The summed E-state index contributed by atoms with van der Waals surface area (Å²) in [6.07, 6.45) is 11.0. The molecule has 1 aliphatic rings. The second-order valence-corrected chi connectivity index (χ2v) is 11.3. The molecule has 9 nitrogen and oxygen atoms in total. The molecule has 1 fully saturated rings. The average Bonchev–Trinajstić information content (AvgIpc) is 3.55. The van der Waals surface area contributed by atoms with Crippen LogP contribution >= 0.6 is 11.6 Å². The number of benzene rings is 2. The van der Waals surface area contributed by atoms with Crippen molar-refractivity contribution in [1.29, 1.82) is 5.26 Å². The molecule has 1 heterocycles. The Balaban J connectivity index is 2.09. The maximum atomic E-state index is 13.7. The molecule has 1 saturated heterocycles. The number of halogens is 3. The summed E-state index contributed by atoms with van der Waals surface area (Å²) in [4.78, 5) is 14.3. The normalized spacial score (nSPS) is 16.1. The van der Waals surface area contributed by atoms with Gasteiger partial charge >= 0.3 is 12.6 Å². The van der Waals surface area contributed by atoms with Gasteiger partial charge in [-0.3, -0.25) is 9.69 Å². The van der Waals surface area contributed by atoms with E-state index in [1.165, 1.54) is 13.2 Å². The number of carbonyl (C=O) groups is 1. The summed E-state index contributed by atoms with van der Waals surface area (Å²) in [6.45, 7) is 3.49. The molecule has 0 spiro atoms. The lowest BCUT2D eigenvalue weighted by molar-refractivity contribution is -0.146. The molecular weight excluding hydrogens is 642 g/mol. The molecular formula is C36H45ClF2N4O5. The summed E-state index contributed by atoms with van der Waals surface area (Å²) < 4.78 is 50.7. The molecule has 260 valence electrons. The second-order valence-electron chi connectivity index (χ2n) is 11.1. The molecule has 0 aromatic heterocycles. The summed E-state index contributed by atoms with van der Waals surface area (Å²) in [5, 5.41) is 16.2. The van der Waals surface area contributed by atoms with Crippen LogP contribution in [0.3, 0.4) is 0 Å². The monoisotopic (exact) mass is 686 g/mol. The third-order valence-corrected chi connectivity index (χ3v) is 8.23. The molecule has 0 radical (unpaired) electrons. The lowest BCUT2D eigenvalue weighted by atomic mass is 10.0. The van der Waals surface area contributed by atoms with Crippen LogP contribution in [0.15, 0.2) is 61.2 Å². The van der Waals surface area contributed by atoms with E-state index in [9.17, 15) is 18.8 Å². The predicted octanol–water partition coefficient (Wildman–Crippen LogP) is 7.80. The van der Waals surface area contributed by atoms with Crippen LogP contribution in [0.5, 0.6) is 17.2 Å². The molecule has 0 amide bonds. The summed E-state index contributed by atoms with van der Waals surface area (Å²) in [5.74, 6) is 0.396. The quantitative estimate of drug-likeness (QED) is 0.0663. The first kappa shape index (κ1) is 38.2. The van der Waals surface area contributed by atoms with Crippen LogP contribution in [0.4, 0.5) is 20.2 Å². The Kier molecular flexibility index (Phi) is 15.5. The van der Waals surface area contributed by atoms with E-state index in [1.54, 1.807) is 38.4 Å². The number of hydrogen-bond donors (Lipinski definition) is 2. The minimum atomic E-state index is -3.09. The molecule has 0 aliphatic carbocycles. The van der Waals surface area contributed by atoms with E-state index in [4.69, 9.17) is 30.5 Å². The number of nitrogens with zero attached hydrogens (tertiary/aromatic N) is 2. The first-order valence-electron chi connectivity index (χ1n) is 15.9. The summed E-state index contributed by atoms with van der Waals surface area (Å²) in [5.41, 5.74) is 2.64. The van der Waals surface area contributed by atoms with Crippen LogP contribution in [0.25, 0.3) is 0 Å². The van der Waals surface area contributed by atoms with Crippen molar-refractivity contribution in [3.63, 3.8) is 0 Å². The number of ether oxygens (including phenoxy) is 4. The van der Waals surface area contributed by atoms with E-state index in [2.05, 4.69) is 23.3 Å². The van der Waals surface area contributed by atoms with Gasteiger partial charge in [-0.15, -0.1) is 11.6 Å². The van der Waals surface area contributed by atoms with Crippen molar-refractivity contribution in [3.05, 3.63) is 77.9 Å². The average molecular weight is 687 g/mol. The molecule has 3 atom stereocenters. The summed E-state index contributed by atoms with van der Waals surface area (Å²) in [6, 6.07) is 8.38. The molecule has 12 heteroatoms. The first-order valence-corrected chi connectivity index (χ1v) is 16.4. The number of rotatable bonds is 19.